The van der Waals surface area contributed by atoms with Crippen LogP contribution in [0.4, 0.5) is 10.1 Å². The van der Waals surface area contributed by atoms with Crippen molar-refractivity contribution in [3.8, 4) is 11.1 Å². The SMILES string of the molecule is Nc1ccc(-c2ccc(=O)[nH]c2)c(F)c1. The fraction of sp³-hybridized carbons (Fsp3) is 0. The van der Waals surface area contributed by atoms with Gasteiger partial charge in [0.05, 0.1) is 0 Å². The molecule has 0 bridgehead atoms. The van der Waals surface area contributed by atoms with Crippen LogP contribution in [-0.2, 0) is 0 Å². The van der Waals surface area contributed by atoms with Gasteiger partial charge in [0, 0.05) is 29.1 Å². The van der Waals surface area contributed by atoms with Crippen LogP contribution in [0.15, 0.2) is 41.3 Å². The van der Waals surface area contributed by atoms with E-state index in [0.29, 0.717) is 16.8 Å². The van der Waals surface area contributed by atoms with Gasteiger partial charge in [0.2, 0.25) is 5.56 Å². The topological polar surface area (TPSA) is 58.9 Å². The smallest absolute Gasteiger partial charge is 0.247 e. The third-order valence-electron chi connectivity index (χ3n) is 2.09. The highest BCUT2D eigenvalue weighted by molar-refractivity contribution is 5.65. The highest BCUT2D eigenvalue weighted by atomic mass is 19.1. The molecule has 0 aliphatic rings. The Kier molecular flexibility index (Phi) is 2.25. The van der Waals surface area contributed by atoms with E-state index in [1.165, 1.54) is 18.3 Å². The van der Waals surface area contributed by atoms with Gasteiger partial charge < -0.3 is 10.7 Å². The molecule has 3 nitrogen and oxygen atoms in total. The third-order valence-corrected chi connectivity index (χ3v) is 2.09. The van der Waals surface area contributed by atoms with Gasteiger partial charge >= 0.3 is 0 Å². The maximum atomic E-state index is 13.5. The van der Waals surface area contributed by atoms with Gasteiger partial charge in [-0.3, -0.25) is 4.79 Å². The third kappa shape index (κ3) is 1.88. The Morgan fingerprint density at radius 3 is 2.60 bits per heavy atom. The first kappa shape index (κ1) is 9.45. The van der Waals surface area contributed by atoms with Crippen molar-refractivity contribution in [1.82, 2.24) is 4.98 Å². The highest BCUT2D eigenvalue weighted by Gasteiger charge is 2.04. The van der Waals surface area contributed by atoms with Gasteiger partial charge in [0.25, 0.3) is 0 Å². The molecule has 0 aliphatic heterocycles. The van der Waals surface area contributed by atoms with Crippen molar-refractivity contribution < 1.29 is 4.39 Å². The lowest BCUT2D eigenvalue weighted by Gasteiger charge is -2.03. The molecule has 76 valence electrons. The normalized spacial score (nSPS) is 10.2. The van der Waals surface area contributed by atoms with Gasteiger partial charge in [-0.15, -0.1) is 0 Å². The molecular formula is C11H9FN2O. The van der Waals surface area contributed by atoms with E-state index in [1.807, 2.05) is 0 Å². The van der Waals surface area contributed by atoms with Crippen molar-refractivity contribution in [2.75, 3.05) is 5.73 Å². The number of hydrogen-bond donors (Lipinski definition) is 2. The number of pyridine rings is 1. The summed E-state index contributed by atoms with van der Waals surface area (Å²) in [6.07, 6.45) is 1.47. The summed E-state index contributed by atoms with van der Waals surface area (Å²) in [5.74, 6) is -0.401. The molecule has 0 saturated carbocycles. The first-order chi connectivity index (χ1) is 7.16. The molecule has 0 unspecified atom stereocenters. The number of anilines is 1. The minimum absolute atomic E-state index is 0.213. The first-order valence-electron chi connectivity index (χ1n) is 4.41. The predicted octanol–water partition coefficient (Wildman–Crippen LogP) is 1.76. The molecule has 2 aromatic rings. The summed E-state index contributed by atoms with van der Waals surface area (Å²) in [5.41, 5.74) is 6.63. The summed E-state index contributed by atoms with van der Waals surface area (Å²) in [5, 5.41) is 0. The van der Waals surface area contributed by atoms with E-state index < -0.39 is 5.82 Å². The molecule has 2 rings (SSSR count). The van der Waals surface area contributed by atoms with Gasteiger partial charge in [-0.25, -0.2) is 4.39 Å². The van der Waals surface area contributed by atoms with Gasteiger partial charge in [0.1, 0.15) is 5.82 Å². The monoisotopic (exact) mass is 204 g/mol. The lowest BCUT2D eigenvalue weighted by molar-refractivity contribution is 0.632. The number of nitrogens with two attached hydrogens (primary N) is 1. The summed E-state index contributed by atoms with van der Waals surface area (Å²) < 4.78 is 13.5. The Morgan fingerprint density at radius 2 is 2.00 bits per heavy atom. The maximum Gasteiger partial charge on any atom is 0.247 e. The van der Waals surface area contributed by atoms with E-state index in [2.05, 4.69) is 4.98 Å². The molecule has 0 aliphatic carbocycles. The highest BCUT2D eigenvalue weighted by Crippen LogP contribution is 2.22. The minimum Gasteiger partial charge on any atom is -0.399 e. The van der Waals surface area contributed by atoms with Gasteiger partial charge in [-0.05, 0) is 24.3 Å². The van der Waals surface area contributed by atoms with Crippen LogP contribution in [0.1, 0.15) is 0 Å². The Labute approximate surface area is 85.4 Å². The Morgan fingerprint density at radius 1 is 1.20 bits per heavy atom. The average Bonchev–Trinajstić information content (AvgIpc) is 2.20. The second kappa shape index (κ2) is 3.57. The van der Waals surface area contributed by atoms with E-state index in [4.69, 9.17) is 5.73 Å². The molecule has 0 amide bonds. The molecular weight excluding hydrogens is 195 g/mol. The van der Waals surface area contributed by atoms with Crippen LogP contribution in [0.2, 0.25) is 0 Å². The Hall–Kier alpha value is -2.10. The fourth-order valence-electron chi connectivity index (χ4n) is 1.34. The molecule has 1 heterocycles. The number of rotatable bonds is 1. The molecule has 15 heavy (non-hydrogen) atoms. The van der Waals surface area contributed by atoms with Gasteiger partial charge in [-0.2, -0.15) is 0 Å². The largest absolute Gasteiger partial charge is 0.399 e. The van der Waals surface area contributed by atoms with E-state index in [-0.39, 0.29) is 5.56 Å². The standard InChI is InChI=1S/C11H9FN2O/c12-10-5-8(13)2-3-9(10)7-1-4-11(15)14-6-7/h1-6H,13H2,(H,14,15). The first-order valence-corrected chi connectivity index (χ1v) is 4.41. The number of benzene rings is 1. The lowest BCUT2D eigenvalue weighted by Crippen LogP contribution is -2.01. The zero-order valence-electron chi connectivity index (χ0n) is 7.83. The maximum absolute atomic E-state index is 13.5. The van der Waals surface area contributed by atoms with Crippen molar-refractivity contribution in [2.24, 2.45) is 0 Å². The molecule has 0 saturated heterocycles. The molecule has 0 radical (unpaired) electrons. The molecule has 0 fully saturated rings. The fourth-order valence-corrected chi connectivity index (χ4v) is 1.34. The molecule has 3 N–H and O–H groups in total. The summed E-state index contributed by atoms with van der Waals surface area (Å²) in [6.45, 7) is 0. The van der Waals surface area contributed by atoms with Crippen LogP contribution in [0, 0.1) is 5.82 Å². The van der Waals surface area contributed by atoms with Crippen molar-refractivity contribution in [1.29, 1.82) is 0 Å². The Balaban J connectivity index is 2.54. The average molecular weight is 204 g/mol. The zero-order chi connectivity index (χ0) is 10.8. The van der Waals surface area contributed by atoms with E-state index in [9.17, 15) is 9.18 Å². The van der Waals surface area contributed by atoms with E-state index in [1.54, 1.807) is 18.2 Å². The second-order valence-corrected chi connectivity index (χ2v) is 3.18. The molecule has 0 spiro atoms. The summed E-state index contributed by atoms with van der Waals surface area (Å²) in [7, 11) is 0. The van der Waals surface area contributed by atoms with Gasteiger partial charge in [-0.1, -0.05) is 0 Å². The Bertz CT molecular complexity index is 528. The quantitative estimate of drug-likeness (QED) is 0.695. The minimum atomic E-state index is -0.401. The number of halogens is 1. The predicted molar refractivity (Wildman–Crippen MR) is 56.9 cm³/mol. The number of aromatic nitrogens is 1. The number of nitrogens with one attached hydrogen (secondary N) is 1. The molecule has 1 aromatic carbocycles. The zero-order valence-corrected chi connectivity index (χ0v) is 7.83. The van der Waals surface area contributed by atoms with Crippen molar-refractivity contribution in [2.45, 2.75) is 0 Å². The van der Waals surface area contributed by atoms with Crippen molar-refractivity contribution in [3.63, 3.8) is 0 Å². The molecule has 0 atom stereocenters. The van der Waals surface area contributed by atoms with Crippen LogP contribution >= 0.6 is 0 Å². The number of hydrogen-bond acceptors (Lipinski definition) is 2. The summed E-state index contributed by atoms with van der Waals surface area (Å²) in [4.78, 5) is 13.3. The van der Waals surface area contributed by atoms with Gasteiger partial charge in [0.15, 0.2) is 0 Å². The van der Waals surface area contributed by atoms with Crippen LogP contribution in [0.25, 0.3) is 11.1 Å². The molecule has 1 aromatic heterocycles. The van der Waals surface area contributed by atoms with Crippen molar-refractivity contribution in [3.05, 3.63) is 52.7 Å². The number of H-pyrrole nitrogens is 1. The number of nitrogen functional groups attached to an aromatic ring is 1. The van der Waals surface area contributed by atoms with Crippen LogP contribution < -0.4 is 11.3 Å². The van der Waals surface area contributed by atoms with E-state index >= 15 is 0 Å². The van der Waals surface area contributed by atoms with Crippen LogP contribution in [0.5, 0.6) is 0 Å². The second-order valence-electron chi connectivity index (χ2n) is 3.18. The molecule has 4 heteroatoms. The van der Waals surface area contributed by atoms with Crippen LogP contribution in [0.3, 0.4) is 0 Å². The van der Waals surface area contributed by atoms with Crippen LogP contribution in [-0.4, -0.2) is 4.98 Å². The lowest BCUT2D eigenvalue weighted by atomic mass is 10.1. The van der Waals surface area contributed by atoms with Crippen molar-refractivity contribution >= 4 is 5.69 Å². The summed E-state index contributed by atoms with van der Waals surface area (Å²) in [6, 6.07) is 7.36. The summed E-state index contributed by atoms with van der Waals surface area (Å²) >= 11 is 0. The number of aromatic amines is 1. The van der Waals surface area contributed by atoms with E-state index in [0.717, 1.165) is 0 Å².